The van der Waals surface area contributed by atoms with Crippen LogP contribution in [0.1, 0.15) is 61.8 Å². The van der Waals surface area contributed by atoms with E-state index < -0.39 is 5.97 Å². The van der Waals surface area contributed by atoms with Crippen LogP contribution in [-0.4, -0.2) is 25.4 Å². The predicted octanol–water partition coefficient (Wildman–Crippen LogP) is 4.63. The third kappa shape index (κ3) is 4.70. The van der Waals surface area contributed by atoms with Crippen molar-refractivity contribution in [3.05, 3.63) is 76.0 Å². The van der Waals surface area contributed by atoms with E-state index in [4.69, 9.17) is 0 Å². The van der Waals surface area contributed by atoms with Crippen LogP contribution < -0.4 is 5.69 Å². The second-order valence-corrected chi connectivity index (χ2v) is 8.33. The number of nitrogens with zero attached hydrogens (tertiary/aromatic N) is 3. The molecular formula is C24H29N3O3. The molecule has 0 aliphatic carbocycles. The molecule has 0 spiro atoms. The van der Waals surface area contributed by atoms with Crippen LogP contribution in [0.25, 0.3) is 11.1 Å². The molecule has 0 unspecified atom stereocenters. The van der Waals surface area contributed by atoms with E-state index in [2.05, 4.69) is 18.9 Å². The van der Waals surface area contributed by atoms with E-state index in [1.165, 1.54) is 0 Å². The maximum Gasteiger partial charge on any atom is 0.346 e. The molecule has 158 valence electrons. The standard InChI is InChI=1S/C24H29N3O3/c1-16(2)13-14-27-24(30)26(22(25-27)17(3)4)15-18-9-11-19(12-10-18)20-7-5-6-8-21(20)23(28)29/h5-12,16-17H,13-15H2,1-4H3,(H,28,29). The average molecular weight is 408 g/mol. The normalized spacial score (nSPS) is 11.4. The minimum Gasteiger partial charge on any atom is -0.478 e. The number of rotatable bonds is 8. The molecule has 0 bridgehead atoms. The van der Waals surface area contributed by atoms with Crippen LogP contribution >= 0.6 is 0 Å². The number of aromatic nitrogens is 3. The van der Waals surface area contributed by atoms with E-state index in [1.54, 1.807) is 27.4 Å². The second kappa shape index (κ2) is 9.11. The summed E-state index contributed by atoms with van der Waals surface area (Å²) in [5, 5.41) is 14.0. The molecule has 0 radical (unpaired) electrons. The Bertz CT molecular complexity index is 1080. The summed E-state index contributed by atoms with van der Waals surface area (Å²) in [5.41, 5.74) is 2.67. The van der Waals surface area contributed by atoms with Gasteiger partial charge in [0.15, 0.2) is 0 Å². The van der Waals surface area contributed by atoms with Gasteiger partial charge in [0.05, 0.1) is 12.1 Å². The Morgan fingerprint density at radius 3 is 2.30 bits per heavy atom. The van der Waals surface area contributed by atoms with Crippen LogP contribution in [0, 0.1) is 5.92 Å². The number of hydrogen-bond donors (Lipinski definition) is 1. The van der Waals surface area contributed by atoms with Crippen LogP contribution in [0.4, 0.5) is 0 Å². The molecule has 30 heavy (non-hydrogen) atoms. The Balaban J connectivity index is 1.89. The Kier molecular flexibility index (Phi) is 6.55. The van der Waals surface area contributed by atoms with Gasteiger partial charge < -0.3 is 5.11 Å². The van der Waals surface area contributed by atoms with Crippen LogP contribution in [0.3, 0.4) is 0 Å². The number of carboxylic acid groups (broad SMARTS) is 1. The fourth-order valence-corrected chi connectivity index (χ4v) is 3.45. The monoisotopic (exact) mass is 407 g/mol. The summed E-state index contributed by atoms with van der Waals surface area (Å²) in [5.74, 6) is 0.478. The topological polar surface area (TPSA) is 77.1 Å². The van der Waals surface area contributed by atoms with E-state index in [0.717, 1.165) is 23.4 Å². The first-order valence-electron chi connectivity index (χ1n) is 10.4. The van der Waals surface area contributed by atoms with Gasteiger partial charge in [0.25, 0.3) is 0 Å². The third-order valence-corrected chi connectivity index (χ3v) is 5.15. The number of aryl methyl sites for hydroxylation is 1. The molecule has 6 heteroatoms. The van der Waals surface area contributed by atoms with Crippen LogP contribution in [0.15, 0.2) is 53.3 Å². The smallest absolute Gasteiger partial charge is 0.346 e. The lowest BCUT2D eigenvalue weighted by Crippen LogP contribution is -2.26. The van der Waals surface area contributed by atoms with Crippen molar-refractivity contribution >= 4 is 5.97 Å². The molecule has 1 heterocycles. The van der Waals surface area contributed by atoms with Gasteiger partial charge in [0, 0.05) is 12.5 Å². The zero-order chi connectivity index (χ0) is 21.8. The first-order valence-corrected chi connectivity index (χ1v) is 10.4. The minimum absolute atomic E-state index is 0.0837. The van der Waals surface area contributed by atoms with Gasteiger partial charge in [-0.25, -0.2) is 14.3 Å². The van der Waals surface area contributed by atoms with Gasteiger partial charge in [-0.3, -0.25) is 4.57 Å². The van der Waals surface area contributed by atoms with Gasteiger partial charge in [-0.2, -0.15) is 5.10 Å². The van der Waals surface area contributed by atoms with Crippen molar-refractivity contribution in [2.24, 2.45) is 5.92 Å². The zero-order valence-corrected chi connectivity index (χ0v) is 18.0. The summed E-state index contributed by atoms with van der Waals surface area (Å²) in [7, 11) is 0. The molecule has 0 atom stereocenters. The highest BCUT2D eigenvalue weighted by atomic mass is 16.4. The van der Waals surface area contributed by atoms with Crippen molar-refractivity contribution in [2.45, 2.75) is 53.1 Å². The van der Waals surface area contributed by atoms with Gasteiger partial charge in [-0.1, -0.05) is 70.2 Å². The fourth-order valence-electron chi connectivity index (χ4n) is 3.45. The van der Waals surface area contributed by atoms with Crippen molar-refractivity contribution in [2.75, 3.05) is 0 Å². The van der Waals surface area contributed by atoms with E-state index in [1.807, 2.05) is 44.2 Å². The summed E-state index contributed by atoms with van der Waals surface area (Å²) in [4.78, 5) is 24.4. The van der Waals surface area contributed by atoms with E-state index >= 15 is 0 Å². The Morgan fingerprint density at radius 2 is 1.70 bits per heavy atom. The summed E-state index contributed by atoms with van der Waals surface area (Å²) in [6.07, 6.45) is 0.909. The van der Waals surface area contributed by atoms with Gasteiger partial charge in [-0.05, 0) is 35.1 Å². The molecule has 1 N–H and O–H groups in total. The van der Waals surface area contributed by atoms with Gasteiger partial charge in [0.1, 0.15) is 5.82 Å². The van der Waals surface area contributed by atoms with Crippen molar-refractivity contribution in [1.82, 2.24) is 14.3 Å². The number of carboxylic acids is 1. The van der Waals surface area contributed by atoms with Crippen LogP contribution in [0.5, 0.6) is 0 Å². The Labute approximate surface area is 176 Å². The summed E-state index contributed by atoms with van der Waals surface area (Å²) in [6.45, 7) is 9.40. The average Bonchev–Trinajstić information content (AvgIpc) is 3.03. The predicted molar refractivity (Wildman–Crippen MR) is 118 cm³/mol. The van der Waals surface area contributed by atoms with Crippen LogP contribution in [-0.2, 0) is 13.1 Å². The molecule has 0 aliphatic heterocycles. The molecule has 0 fully saturated rings. The molecule has 1 aromatic heterocycles. The summed E-state index contributed by atoms with van der Waals surface area (Å²) < 4.78 is 3.32. The van der Waals surface area contributed by atoms with E-state index in [0.29, 0.717) is 24.6 Å². The number of carbonyl (C=O) groups is 1. The summed E-state index contributed by atoms with van der Waals surface area (Å²) in [6, 6.07) is 14.6. The zero-order valence-electron chi connectivity index (χ0n) is 18.0. The third-order valence-electron chi connectivity index (χ3n) is 5.15. The maximum absolute atomic E-state index is 12.9. The minimum atomic E-state index is -0.948. The van der Waals surface area contributed by atoms with E-state index in [9.17, 15) is 14.7 Å². The SMILES string of the molecule is CC(C)CCn1nc(C(C)C)n(Cc2ccc(-c3ccccc3C(=O)O)cc2)c1=O. The number of hydrogen-bond acceptors (Lipinski definition) is 3. The van der Waals surface area contributed by atoms with Gasteiger partial charge >= 0.3 is 11.7 Å². The fraction of sp³-hybridized carbons (Fsp3) is 0.375. The second-order valence-electron chi connectivity index (χ2n) is 8.33. The van der Waals surface area contributed by atoms with Gasteiger partial charge in [-0.15, -0.1) is 0 Å². The van der Waals surface area contributed by atoms with Crippen molar-refractivity contribution in [3.8, 4) is 11.1 Å². The highest BCUT2D eigenvalue weighted by Gasteiger charge is 2.17. The lowest BCUT2D eigenvalue weighted by atomic mass is 9.99. The van der Waals surface area contributed by atoms with Gasteiger partial charge in [0.2, 0.25) is 0 Å². The van der Waals surface area contributed by atoms with Crippen molar-refractivity contribution < 1.29 is 9.90 Å². The first-order chi connectivity index (χ1) is 14.3. The molecule has 0 amide bonds. The molecule has 2 aromatic carbocycles. The lowest BCUT2D eigenvalue weighted by molar-refractivity contribution is 0.0697. The molecular weight excluding hydrogens is 378 g/mol. The van der Waals surface area contributed by atoms with Crippen molar-refractivity contribution in [1.29, 1.82) is 0 Å². The van der Waals surface area contributed by atoms with E-state index in [-0.39, 0.29) is 17.2 Å². The number of benzene rings is 2. The molecule has 3 rings (SSSR count). The molecule has 0 saturated carbocycles. The number of aromatic carboxylic acids is 1. The molecule has 0 saturated heterocycles. The van der Waals surface area contributed by atoms with Crippen molar-refractivity contribution in [3.63, 3.8) is 0 Å². The molecule has 6 nitrogen and oxygen atoms in total. The molecule has 3 aromatic rings. The Hall–Kier alpha value is -3.15. The first kappa shape index (κ1) is 21.6. The summed E-state index contributed by atoms with van der Waals surface area (Å²) >= 11 is 0. The highest BCUT2D eigenvalue weighted by Crippen LogP contribution is 2.24. The lowest BCUT2D eigenvalue weighted by Gasteiger charge is -2.10. The van der Waals surface area contributed by atoms with Crippen LogP contribution in [0.2, 0.25) is 0 Å². The largest absolute Gasteiger partial charge is 0.478 e. The highest BCUT2D eigenvalue weighted by molar-refractivity contribution is 5.95. The Morgan fingerprint density at radius 1 is 1.03 bits per heavy atom. The molecule has 0 aliphatic rings. The maximum atomic E-state index is 12.9. The quantitative estimate of drug-likeness (QED) is 0.591.